The topological polar surface area (TPSA) is 44.8 Å². The van der Waals surface area contributed by atoms with E-state index in [2.05, 4.69) is 9.05 Å². The summed E-state index contributed by atoms with van der Waals surface area (Å²) in [6.45, 7) is 2.76. The molecule has 4 nitrogen and oxygen atoms in total. The molecule has 0 aliphatic heterocycles. The fourth-order valence-electron chi connectivity index (χ4n) is 0.996. The van der Waals surface area contributed by atoms with Crippen LogP contribution < -0.4 is 0 Å². The van der Waals surface area contributed by atoms with E-state index in [1.54, 1.807) is 22.6 Å². The molecule has 0 aliphatic carbocycles. The Hall–Kier alpha value is 0.440. The van der Waals surface area contributed by atoms with Gasteiger partial charge in [-0.2, -0.15) is 8.78 Å². The molecule has 0 radical (unpaired) electrons. The smallest absolute Gasteiger partial charge is 0.380 e. The van der Waals surface area contributed by atoms with Gasteiger partial charge in [0.05, 0.1) is 19.8 Å². The Bertz CT molecular complexity index is 299. The highest BCUT2D eigenvalue weighted by molar-refractivity contribution is 14.1. The molecular weight excluding hydrogens is 368 g/mol. The molecule has 0 amide bonds. The maximum Gasteiger partial charge on any atom is 0.403 e. The molecule has 0 heterocycles. The number of rotatable bonds is 8. The molecular formula is C9H16F2IO4P. The zero-order chi connectivity index (χ0) is 13.5. The molecule has 0 saturated heterocycles. The fourth-order valence-corrected chi connectivity index (χ4v) is 3.36. The van der Waals surface area contributed by atoms with E-state index in [1.807, 2.05) is 0 Å². The van der Waals surface area contributed by atoms with Crippen LogP contribution in [0.5, 0.6) is 0 Å². The van der Waals surface area contributed by atoms with E-state index in [4.69, 9.17) is 4.74 Å². The quantitative estimate of drug-likeness (QED) is 0.472. The van der Waals surface area contributed by atoms with E-state index in [0.717, 1.165) is 0 Å². The third kappa shape index (κ3) is 5.30. The Morgan fingerprint density at radius 1 is 1.35 bits per heavy atom. The van der Waals surface area contributed by atoms with Gasteiger partial charge in [0.15, 0.2) is 0 Å². The lowest BCUT2D eigenvalue weighted by molar-refractivity contribution is 0.0784. The number of hydrogen-bond donors (Lipinski definition) is 0. The van der Waals surface area contributed by atoms with Gasteiger partial charge in [-0.25, -0.2) is 0 Å². The van der Waals surface area contributed by atoms with Crippen LogP contribution in [0.4, 0.5) is 8.78 Å². The SMILES string of the molecule is CCOP(=O)(OCC)C(F)(F)/C=C(\I)COC. The summed E-state index contributed by atoms with van der Waals surface area (Å²) in [4.78, 5) is 0. The maximum atomic E-state index is 13.8. The van der Waals surface area contributed by atoms with Crippen LogP contribution >= 0.6 is 30.2 Å². The molecule has 0 saturated carbocycles. The second kappa shape index (κ2) is 7.78. The fraction of sp³-hybridized carbons (Fsp3) is 0.778. The van der Waals surface area contributed by atoms with Crippen molar-refractivity contribution in [2.45, 2.75) is 19.5 Å². The van der Waals surface area contributed by atoms with E-state index >= 15 is 0 Å². The van der Waals surface area contributed by atoms with Gasteiger partial charge in [-0.3, -0.25) is 4.57 Å². The molecule has 0 bridgehead atoms. The summed E-state index contributed by atoms with van der Waals surface area (Å²) in [5.41, 5.74) is -3.66. The van der Waals surface area contributed by atoms with Gasteiger partial charge in [-0.1, -0.05) is 0 Å². The predicted molar refractivity (Wildman–Crippen MR) is 69.8 cm³/mol. The predicted octanol–water partition coefficient (Wildman–Crippen LogP) is 3.81. The third-order valence-corrected chi connectivity index (χ3v) is 4.25. The van der Waals surface area contributed by atoms with Crippen LogP contribution in [-0.2, 0) is 18.3 Å². The van der Waals surface area contributed by atoms with Crippen molar-refractivity contribution in [3.63, 3.8) is 0 Å². The van der Waals surface area contributed by atoms with E-state index < -0.39 is 13.3 Å². The molecule has 17 heavy (non-hydrogen) atoms. The van der Waals surface area contributed by atoms with Crippen molar-refractivity contribution in [1.82, 2.24) is 0 Å². The molecule has 0 fully saturated rings. The van der Waals surface area contributed by atoms with E-state index in [9.17, 15) is 13.3 Å². The second-order valence-corrected chi connectivity index (χ2v) is 6.44. The van der Waals surface area contributed by atoms with Crippen LogP contribution in [0.25, 0.3) is 0 Å². The lowest BCUT2D eigenvalue weighted by Crippen LogP contribution is -2.18. The lowest BCUT2D eigenvalue weighted by atomic mass is 10.5. The van der Waals surface area contributed by atoms with Gasteiger partial charge in [-0.05, 0) is 36.4 Å². The minimum absolute atomic E-state index is 0.0222. The Kier molecular flexibility index (Phi) is 7.98. The van der Waals surface area contributed by atoms with Gasteiger partial charge in [0.2, 0.25) is 0 Å². The number of allylic oxidation sites excluding steroid dienone is 1. The van der Waals surface area contributed by atoms with Gasteiger partial charge in [0.1, 0.15) is 0 Å². The molecule has 0 spiro atoms. The first-order valence-corrected chi connectivity index (χ1v) is 7.58. The molecule has 0 N–H and O–H groups in total. The summed E-state index contributed by atoms with van der Waals surface area (Å²) in [5, 5.41) is 0. The minimum Gasteiger partial charge on any atom is -0.380 e. The highest BCUT2D eigenvalue weighted by Gasteiger charge is 2.51. The van der Waals surface area contributed by atoms with Crippen molar-refractivity contribution in [1.29, 1.82) is 0 Å². The first kappa shape index (κ1) is 17.4. The molecule has 0 atom stereocenters. The van der Waals surface area contributed by atoms with Gasteiger partial charge >= 0.3 is 13.3 Å². The number of methoxy groups -OCH3 is 1. The number of halogens is 3. The average Bonchev–Trinajstić information content (AvgIpc) is 2.17. The maximum absolute atomic E-state index is 13.8. The van der Waals surface area contributed by atoms with Gasteiger partial charge in [0.25, 0.3) is 0 Å². The first-order valence-electron chi connectivity index (χ1n) is 4.96. The molecule has 0 aromatic heterocycles. The summed E-state index contributed by atoms with van der Waals surface area (Å²) >= 11 is 1.69. The van der Waals surface area contributed by atoms with Crippen molar-refractivity contribution in [2.75, 3.05) is 26.9 Å². The summed E-state index contributed by atoms with van der Waals surface area (Å²) in [6, 6.07) is 0. The Labute approximate surface area is 113 Å². The monoisotopic (exact) mass is 384 g/mol. The molecule has 8 heteroatoms. The molecule has 102 valence electrons. The molecule has 0 aromatic carbocycles. The summed E-state index contributed by atoms with van der Waals surface area (Å²) in [7, 11) is -3.09. The summed E-state index contributed by atoms with van der Waals surface area (Å²) in [5.74, 6) is 0. The summed E-state index contributed by atoms with van der Waals surface area (Å²) < 4.78 is 53.6. The van der Waals surface area contributed by atoms with Crippen molar-refractivity contribution in [2.24, 2.45) is 0 Å². The van der Waals surface area contributed by atoms with Crippen molar-refractivity contribution < 1.29 is 27.1 Å². The highest BCUT2D eigenvalue weighted by atomic mass is 127. The highest BCUT2D eigenvalue weighted by Crippen LogP contribution is 2.62. The van der Waals surface area contributed by atoms with E-state index in [-0.39, 0.29) is 23.4 Å². The lowest BCUT2D eigenvalue weighted by Gasteiger charge is -2.23. The van der Waals surface area contributed by atoms with Crippen molar-refractivity contribution in [3.8, 4) is 0 Å². The van der Waals surface area contributed by atoms with Gasteiger partial charge in [-0.15, -0.1) is 0 Å². The molecule has 0 rings (SSSR count). The number of ether oxygens (including phenoxy) is 1. The van der Waals surface area contributed by atoms with Crippen LogP contribution in [0.1, 0.15) is 13.8 Å². The van der Waals surface area contributed by atoms with Gasteiger partial charge in [0, 0.05) is 16.8 Å². The summed E-state index contributed by atoms with van der Waals surface area (Å²) in [6.07, 6.45) is 0.559. The zero-order valence-electron chi connectivity index (χ0n) is 9.91. The average molecular weight is 384 g/mol. The molecule has 0 unspecified atom stereocenters. The normalized spacial score (nSPS) is 14.1. The van der Waals surface area contributed by atoms with Crippen LogP contribution in [0.3, 0.4) is 0 Å². The van der Waals surface area contributed by atoms with E-state index in [0.29, 0.717) is 6.08 Å². The van der Waals surface area contributed by atoms with Crippen LogP contribution in [0, 0.1) is 0 Å². The largest absolute Gasteiger partial charge is 0.403 e. The first-order chi connectivity index (χ1) is 7.83. The van der Waals surface area contributed by atoms with Crippen molar-refractivity contribution in [3.05, 3.63) is 9.66 Å². The van der Waals surface area contributed by atoms with E-state index in [1.165, 1.54) is 21.0 Å². The molecule has 0 aliphatic rings. The second-order valence-electron chi connectivity index (χ2n) is 2.95. The van der Waals surface area contributed by atoms with Crippen molar-refractivity contribution >= 4 is 30.2 Å². The van der Waals surface area contributed by atoms with Crippen LogP contribution in [0.2, 0.25) is 0 Å². The van der Waals surface area contributed by atoms with Gasteiger partial charge < -0.3 is 13.8 Å². The standard InChI is InChI=1S/C9H16F2IO4P/c1-4-15-17(13,16-5-2)9(10,11)6-8(12)7-14-3/h6H,4-5,7H2,1-3H3/b8-6-. The Morgan fingerprint density at radius 2 is 1.82 bits per heavy atom. The minimum atomic E-state index is -4.47. The van der Waals surface area contributed by atoms with Crippen LogP contribution in [0.15, 0.2) is 9.66 Å². The zero-order valence-corrected chi connectivity index (χ0v) is 13.0. The number of hydrogen-bond acceptors (Lipinski definition) is 4. The number of alkyl halides is 2. The Balaban J connectivity index is 5.08. The third-order valence-electron chi connectivity index (χ3n) is 1.58. The Morgan fingerprint density at radius 3 is 2.18 bits per heavy atom. The van der Waals surface area contributed by atoms with Crippen LogP contribution in [-0.4, -0.2) is 32.6 Å². The molecule has 0 aromatic rings.